The number of para-hydroxylation sites is 1. The van der Waals surface area contributed by atoms with Crippen LogP contribution in [0.25, 0.3) is 0 Å². The summed E-state index contributed by atoms with van der Waals surface area (Å²) in [5, 5.41) is 14.9. The predicted octanol–water partition coefficient (Wildman–Crippen LogP) is 2.52. The van der Waals surface area contributed by atoms with Gasteiger partial charge in [0.2, 0.25) is 0 Å². The maximum Gasteiger partial charge on any atom is 0.167 e. The molecule has 1 N–H and O–H groups in total. The highest BCUT2D eigenvalue weighted by Crippen LogP contribution is 2.40. The van der Waals surface area contributed by atoms with Gasteiger partial charge in [0.1, 0.15) is 19.3 Å². The summed E-state index contributed by atoms with van der Waals surface area (Å²) >= 11 is 3.44. The van der Waals surface area contributed by atoms with Crippen molar-refractivity contribution in [2.24, 2.45) is 0 Å². The highest BCUT2D eigenvalue weighted by Gasteiger charge is 2.25. The second kappa shape index (κ2) is 5.46. The number of halogens is 1. The Morgan fingerprint density at radius 1 is 1.40 bits per heavy atom. The molecule has 106 valence electrons. The van der Waals surface area contributed by atoms with Gasteiger partial charge in [0.25, 0.3) is 0 Å². The van der Waals surface area contributed by atoms with E-state index in [1.54, 1.807) is 10.9 Å². The lowest BCUT2D eigenvalue weighted by Crippen LogP contribution is -2.18. The zero-order valence-corrected chi connectivity index (χ0v) is 12.6. The Bertz CT molecular complexity index is 627. The van der Waals surface area contributed by atoms with E-state index in [1.807, 2.05) is 25.1 Å². The molecule has 2 heterocycles. The number of aryl methyl sites for hydroxylation is 1. The van der Waals surface area contributed by atoms with Gasteiger partial charge in [0, 0.05) is 12.1 Å². The van der Waals surface area contributed by atoms with Crippen LogP contribution in [0.4, 0.5) is 0 Å². The summed E-state index contributed by atoms with van der Waals surface area (Å²) in [6.07, 6.45) is 0.873. The smallest absolute Gasteiger partial charge is 0.167 e. The van der Waals surface area contributed by atoms with Gasteiger partial charge in [-0.25, -0.2) is 0 Å². The van der Waals surface area contributed by atoms with Crippen LogP contribution in [0.1, 0.15) is 24.3 Å². The number of aliphatic hydroxyl groups is 1. The van der Waals surface area contributed by atoms with Gasteiger partial charge in [0.05, 0.1) is 16.4 Å². The second-order valence-corrected chi connectivity index (χ2v) is 5.32. The molecule has 0 saturated carbocycles. The van der Waals surface area contributed by atoms with Gasteiger partial charge in [-0.3, -0.25) is 4.68 Å². The van der Waals surface area contributed by atoms with Gasteiger partial charge in [-0.15, -0.1) is 0 Å². The van der Waals surface area contributed by atoms with Crippen molar-refractivity contribution in [2.45, 2.75) is 19.6 Å². The summed E-state index contributed by atoms with van der Waals surface area (Å²) in [7, 11) is 0. The standard InChI is InChI=1S/C14H15BrN2O3/c1-2-17-12(10(15)8-16-17)13(18)9-4-3-5-11-14(9)20-7-6-19-11/h3-5,8,13,18H,2,6-7H2,1H3. The molecule has 0 amide bonds. The fourth-order valence-corrected chi connectivity index (χ4v) is 2.87. The predicted molar refractivity (Wildman–Crippen MR) is 77.1 cm³/mol. The number of aromatic nitrogens is 2. The molecule has 0 saturated heterocycles. The van der Waals surface area contributed by atoms with E-state index >= 15 is 0 Å². The summed E-state index contributed by atoms with van der Waals surface area (Å²) in [6, 6.07) is 5.54. The van der Waals surface area contributed by atoms with Crippen LogP contribution in [-0.2, 0) is 6.54 Å². The summed E-state index contributed by atoms with van der Waals surface area (Å²) in [5.41, 5.74) is 1.41. The third kappa shape index (κ3) is 2.19. The Hall–Kier alpha value is -1.53. The molecule has 6 heteroatoms. The SMILES string of the molecule is CCn1ncc(Br)c1C(O)c1cccc2c1OCCO2. The van der Waals surface area contributed by atoms with Crippen LogP contribution in [-0.4, -0.2) is 28.1 Å². The Morgan fingerprint density at radius 3 is 3.00 bits per heavy atom. The number of hydrogen-bond acceptors (Lipinski definition) is 4. The molecule has 1 aromatic carbocycles. The van der Waals surface area contributed by atoms with Gasteiger partial charge in [-0.05, 0) is 28.9 Å². The van der Waals surface area contributed by atoms with Crippen molar-refractivity contribution in [3.63, 3.8) is 0 Å². The van der Waals surface area contributed by atoms with E-state index in [1.165, 1.54) is 0 Å². The number of nitrogens with zero attached hydrogens (tertiary/aromatic N) is 2. The average Bonchev–Trinajstić information content (AvgIpc) is 2.87. The minimum atomic E-state index is -0.816. The van der Waals surface area contributed by atoms with E-state index < -0.39 is 6.10 Å². The first kappa shape index (κ1) is 13.5. The molecular weight excluding hydrogens is 324 g/mol. The van der Waals surface area contributed by atoms with E-state index in [2.05, 4.69) is 21.0 Å². The number of ether oxygens (including phenoxy) is 2. The van der Waals surface area contributed by atoms with E-state index in [9.17, 15) is 5.11 Å². The molecule has 1 atom stereocenters. The topological polar surface area (TPSA) is 56.5 Å². The van der Waals surface area contributed by atoms with Crippen molar-refractivity contribution >= 4 is 15.9 Å². The molecule has 0 aliphatic carbocycles. The van der Waals surface area contributed by atoms with Crippen LogP contribution in [0, 0.1) is 0 Å². The van der Waals surface area contributed by atoms with Crippen LogP contribution in [0.15, 0.2) is 28.9 Å². The molecule has 1 aliphatic rings. The van der Waals surface area contributed by atoms with Crippen molar-refractivity contribution in [2.75, 3.05) is 13.2 Å². The largest absolute Gasteiger partial charge is 0.486 e. The minimum absolute atomic E-state index is 0.491. The lowest BCUT2D eigenvalue weighted by Gasteiger charge is -2.23. The highest BCUT2D eigenvalue weighted by atomic mass is 79.9. The van der Waals surface area contributed by atoms with E-state index in [-0.39, 0.29) is 0 Å². The number of aliphatic hydroxyl groups excluding tert-OH is 1. The van der Waals surface area contributed by atoms with Crippen molar-refractivity contribution in [3.05, 3.63) is 40.1 Å². The average molecular weight is 339 g/mol. The van der Waals surface area contributed by atoms with Crippen LogP contribution in [0.5, 0.6) is 11.5 Å². The van der Waals surface area contributed by atoms with Crippen molar-refractivity contribution in [1.82, 2.24) is 9.78 Å². The molecule has 20 heavy (non-hydrogen) atoms. The Balaban J connectivity index is 2.06. The molecule has 5 nitrogen and oxygen atoms in total. The third-order valence-corrected chi connectivity index (χ3v) is 3.89. The summed E-state index contributed by atoms with van der Waals surface area (Å²) in [5.74, 6) is 1.29. The molecule has 0 spiro atoms. The number of hydrogen-bond donors (Lipinski definition) is 1. The zero-order valence-electron chi connectivity index (χ0n) is 11.0. The van der Waals surface area contributed by atoms with Crippen molar-refractivity contribution in [1.29, 1.82) is 0 Å². The Morgan fingerprint density at radius 2 is 2.20 bits per heavy atom. The van der Waals surface area contributed by atoms with Gasteiger partial charge in [0.15, 0.2) is 11.5 Å². The fraction of sp³-hybridized carbons (Fsp3) is 0.357. The second-order valence-electron chi connectivity index (χ2n) is 4.47. The minimum Gasteiger partial charge on any atom is -0.486 e. The number of rotatable bonds is 3. The summed E-state index contributed by atoms with van der Waals surface area (Å²) in [6.45, 7) is 3.69. The molecule has 0 radical (unpaired) electrons. The number of fused-ring (bicyclic) bond motifs is 1. The first-order valence-electron chi connectivity index (χ1n) is 6.50. The normalized spacial score (nSPS) is 15.2. The maximum absolute atomic E-state index is 10.7. The van der Waals surface area contributed by atoms with Gasteiger partial charge < -0.3 is 14.6 Å². The van der Waals surface area contributed by atoms with Crippen LogP contribution >= 0.6 is 15.9 Å². The lowest BCUT2D eigenvalue weighted by atomic mass is 10.0. The molecule has 0 fully saturated rings. The molecule has 1 aliphatic heterocycles. The van der Waals surface area contributed by atoms with E-state index in [4.69, 9.17) is 9.47 Å². The summed E-state index contributed by atoms with van der Waals surface area (Å²) < 4.78 is 13.7. The molecule has 2 aromatic rings. The highest BCUT2D eigenvalue weighted by molar-refractivity contribution is 9.10. The van der Waals surface area contributed by atoms with E-state index in [0.29, 0.717) is 36.8 Å². The zero-order chi connectivity index (χ0) is 14.1. The fourth-order valence-electron chi connectivity index (χ4n) is 2.35. The van der Waals surface area contributed by atoms with Crippen LogP contribution in [0.3, 0.4) is 0 Å². The van der Waals surface area contributed by atoms with Gasteiger partial charge in [-0.2, -0.15) is 5.10 Å². The van der Waals surface area contributed by atoms with Crippen LogP contribution in [0.2, 0.25) is 0 Å². The molecule has 1 unspecified atom stereocenters. The Kier molecular flexibility index (Phi) is 3.67. The monoisotopic (exact) mass is 338 g/mol. The first-order chi connectivity index (χ1) is 9.72. The maximum atomic E-state index is 10.7. The van der Waals surface area contributed by atoms with Gasteiger partial charge >= 0.3 is 0 Å². The molecule has 1 aromatic heterocycles. The Labute approximate surface area is 125 Å². The quantitative estimate of drug-likeness (QED) is 0.934. The first-order valence-corrected chi connectivity index (χ1v) is 7.29. The molecule has 0 bridgehead atoms. The third-order valence-electron chi connectivity index (χ3n) is 3.28. The van der Waals surface area contributed by atoms with Crippen LogP contribution < -0.4 is 9.47 Å². The molecule has 3 rings (SSSR count). The number of benzene rings is 1. The van der Waals surface area contributed by atoms with Gasteiger partial charge in [-0.1, -0.05) is 12.1 Å². The summed E-state index contributed by atoms with van der Waals surface area (Å²) in [4.78, 5) is 0. The van der Waals surface area contributed by atoms with Crippen molar-refractivity contribution in [3.8, 4) is 11.5 Å². The molecular formula is C14H15BrN2O3. The van der Waals surface area contributed by atoms with Crippen molar-refractivity contribution < 1.29 is 14.6 Å². The van der Waals surface area contributed by atoms with E-state index in [0.717, 1.165) is 10.2 Å². The lowest BCUT2D eigenvalue weighted by molar-refractivity contribution is 0.156.